The fourth-order valence-electron chi connectivity index (χ4n) is 3.22. The van der Waals surface area contributed by atoms with Gasteiger partial charge in [0.2, 0.25) is 0 Å². The molecule has 1 saturated heterocycles. The Morgan fingerprint density at radius 1 is 1.17 bits per heavy atom. The first kappa shape index (κ1) is 14.5. The van der Waals surface area contributed by atoms with Crippen LogP contribution in [0.3, 0.4) is 0 Å². The van der Waals surface area contributed by atoms with Gasteiger partial charge >= 0.3 is 0 Å². The highest BCUT2D eigenvalue weighted by Gasteiger charge is 2.24. The summed E-state index contributed by atoms with van der Waals surface area (Å²) in [6.45, 7) is 2.17. The molecule has 1 amide bonds. The van der Waals surface area contributed by atoms with E-state index in [1.54, 1.807) is 17.4 Å². The average molecular weight is 328 g/mol. The smallest absolute Gasteiger partial charge is 0.270 e. The Morgan fingerprint density at radius 2 is 2.00 bits per heavy atom. The maximum atomic E-state index is 13.5. The zero-order valence-corrected chi connectivity index (χ0v) is 13.5. The zero-order valence-electron chi connectivity index (χ0n) is 12.7. The van der Waals surface area contributed by atoms with Crippen molar-refractivity contribution in [2.24, 2.45) is 0 Å². The van der Waals surface area contributed by atoms with Gasteiger partial charge in [-0.2, -0.15) is 0 Å². The Morgan fingerprint density at radius 3 is 2.78 bits per heavy atom. The molecule has 0 spiro atoms. The quantitative estimate of drug-likeness (QED) is 0.710. The Kier molecular flexibility index (Phi) is 3.65. The van der Waals surface area contributed by atoms with E-state index in [0.717, 1.165) is 41.7 Å². The predicted molar refractivity (Wildman–Crippen MR) is 90.5 cm³/mol. The first-order valence-corrected chi connectivity index (χ1v) is 8.71. The van der Waals surface area contributed by atoms with Crippen LogP contribution < -0.4 is 0 Å². The molecule has 118 valence electrons. The fraction of sp³-hybridized carbons (Fsp3) is 0.278. The molecule has 0 atom stereocenters. The van der Waals surface area contributed by atoms with E-state index < -0.39 is 0 Å². The van der Waals surface area contributed by atoms with Gasteiger partial charge < -0.3 is 9.47 Å². The minimum Gasteiger partial charge on any atom is -0.337 e. The topological polar surface area (TPSA) is 25.2 Å². The van der Waals surface area contributed by atoms with E-state index in [9.17, 15) is 9.18 Å². The van der Waals surface area contributed by atoms with Gasteiger partial charge in [0.25, 0.3) is 5.91 Å². The number of fused-ring (bicyclic) bond motifs is 1. The van der Waals surface area contributed by atoms with Gasteiger partial charge in [0, 0.05) is 19.6 Å². The number of thiophene rings is 1. The lowest BCUT2D eigenvalue weighted by Crippen LogP contribution is -2.29. The number of nitrogens with zero attached hydrogens (tertiary/aromatic N) is 2. The summed E-state index contributed by atoms with van der Waals surface area (Å²) < 4.78 is 16.6. The molecule has 0 radical (unpaired) electrons. The van der Waals surface area contributed by atoms with E-state index >= 15 is 0 Å². The Bertz CT molecular complexity index is 861. The molecule has 3 nitrogen and oxygen atoms in total. The van der Waals surface area contributed by atoms with Gasteiger partial charge in [-0.3, -0.25) is 4.79 Å². The first-order valence-electron chi connectivity index (χ1n) is 7.83. The second kappa shape index (κ2) is 5.81. The standard InChI is InChI=1S/C18H17FN2OS/c19-14-5-3-4-13(10-14)12-21-15-6-9-23-17(15)11-16(21)18(22)20-7-1-2-8-20/h3-6,9-11H,1-2,7-8,12H2. The van der Waals surface area contributed by atoms with Crippen molar-refractivity contribution in [2.75, 3.05) is 13.1 Å². The maximum absolute atomic E-state index is 13.5. The SMILES string of the molecule is O=C(c1cc2sccc2n1Cc1cccc(F)c1)N1CCCC1. The van der Waals surface area contributed by atoms with Gasteiger partial charge in [-0.25, -0.2) is 4.39 Å². The van der Waals surface area contributed by atoms with Crippen molar-refractivity contribution in [3.63, 3.8) is 0 Å². The summed E-state index contributed by atoms with van der Waals surface area (Å²) in [5.74, 6) is -0.161. The predicted octanol–water partition coefficient (Wildman–Crippen LogP) is 4.13. The third kappa shape index (κ3) is 2.65. The normalized spacial score (nSPS) is 14.7. The van der Waals surface area contributed by atoms with E-state index in [1.807, 2.05) is 33.0 Å². The lowest BCUT2D eigenvalue weighted by atomic mass is 10.2. The Hall–Kier alpha value is -2.14. The van der Waals surface area contributed by atoms with Crippen LogP contribution in [0.1, 0.15) is 28.9 Å². The summed E-state index contributed by atoms with van der Waals surface area (Å²) in [5.41, 5.74) is 2.61. The highest BCUT2D eigenvalue weighted by Crippen LogP contribution is 2.28. The largest absolute Gasteiger partial charge is 0.337 e. The minimum absolute atomic E-state index is 0.0855. The number of aromatic nitrogens is 1. The van der Waals surface area contributed by atoms with Crippen LogP contribution in [0.25, 0.3) is 10.2 Å². The number of carbonyl (C=O) groups is 1. The van der Waals surface area contributed by atoms with Gasteiger partial charge in [0.15, 0.2) is 0 Å². The van der Waals surface area contributed by atoms with Crippen molar-refractivity contribution in [3.05, 3.63) is 58.9 Å². The molecule has 5 heteroatoms. The first-order chi connectivity index (χ1) is 11.2. The van der Waals surface area contributed by atoms with Crippen LogP contribution in [-0.2, 0) is 6.54 Å². The van der Waals surface area contributed by atoms with Crippen molar-refractivity contribution < 1.29 is 9.18 Å². The summed E-state index contributed by atoms with van der Waals surface area (Å²) in [7, 11) is 0. The highest BCUT2D eigenvalue weighted by atomic mass is 32.1. The highest BCUT2D eigenvalue weighted by molar-refractivity contribution is 7.17. The number of likely N-dealkylation sites (tertiary alicyclic amines) is 1. The molecule has 1 fully saturated rings. The van der Waals surface area contributed by atoms with Gasteiger partial charge in [0.05, 0.1) is 10.2 Å². The Balaban J connectivity index is 1.75. The molecule has 1 aliphatic rings. The maximum Gasteiger partial charge on any atom is 0.270 e. The number of amides is 1. The van der Waals surface area contributed by atoms with Gasteiger partial charge in [-0.1, -0.05) is 12.1 Å². The molecule has 23 heavy (non-hydrogen) atoms. The number of carbonyl (C=O) groups excluding carboxylic acids is 1. The van der Waals surface area contributed by atoms with Crippen LogP contribution in [0.15, 0.2) is 41.8 Å². The molecule has 1 aromatic carbocycles. The molecule has 3 aromatic rings. The molecular weight excluding hydrogens is 311 g/mol. The Labute approximate surface area is 138 Å². The van der Waals surface area contributed by atoms with Crippen molar-refractivity contribution >= 4 is 27.5 Å². The van der Waals surface area contributed by atoms with Crippen molar-refractivity contribution in [3.8, 4) is 0 Å². The summed E-state index contributed by atoms with van der Waals surface area (Å²) in [6.07, 6.45) is 2.15. The molecule has 0 saturated carbocycles. The lowest BCUT2D eigenvalue weighted by molar-refractivity contribution is 0.0783. The van der Waals surface area contributed by atoms with Crippen molar-refractivity contribution in [1.82, 2.24) is 9.47 Å². The summed E-state index contributed by atoms with van der Waals surface area (Å²) >= 11 is 1.63. The number of rotatable bonds is 3. The zero-order chi connectivity index (χ0) is 15.8. The van der Waals surface area contributed by atoms with Crippen LogP contribution in [0.4, 0.5) is 4.39 Å². The van der Waals surface area contributed by atoms with Crippen LogP contribution in [0, 0.1) is 5.82 Å². The monoisotopic (exact) mass is 328 g/mol. The number of hydrogen-bond acceptors (Lipinski definition) is 2. The van der Waals surface area contributed by atoms with Gasteiger partial charge in [0.1, 0.15) is 11.5 Å². The summed E-state index contributed by atoms with van der Waals surface area (Å²) in [4.78, 5) is 14.7. The van der Waals surface area contributed by atoms with E-state index in [-0.39, 0.29) is 11.7 Å². The molecule has 2 aromatic heterocycles. The number of hydrogen-bond donors (Lipinski definition) is 0. The van der Waals surface area contributed by atoms with Crippen molar-refractivity contribution in [2.45, 2.75) is 19.4 Å². The molecule has 0 N–H and O–H groups in total. The third-order valence-electron chi connectivity index (χ3n) is 4.36. The fourth-order valence-corrected chi connectivity index (χ4v) is 4.05. The van der Waals surface area contributed by atoms with E-state index in [1.165, 1.54) is 12.1 Å². The molecule has 3 heterocycles. The van der Waals surface area contributed by atoms with Crippen LogP contribution in [0.2, 0.25) is 0 Å². The van der Waals surface area contributed by atoms with Crippen LogP contribution in [0.5, 0.6) is 0 Å². The van der Waals surface area contributed by atoms with Crippen molar-refractivity contribution in [1.29, 1.82) is 0 Å². The van der Waals surface area contributed by atoms with Gasteiger partial charge in [-0.05, 0) is 48.1 Å². The summed E-state index contributed by atoms with van der Waals surface area (Å²) in [5, 5.41) is 2.02. The van der Waals surface area contributed by atoms with E-state index in [0.29, 0.717) is 12.2 Å². The summed E-state index contributed by atoms with van der Waals surface area (Å²) in [6, 6.07) is 10.6. The molecule has 0 unspecified atom stereocenters. The van der Waals surface area contributed by atoms with E-state index in [2.05, 4.69) is 0 Å². The molecule has 4 rings (SSSR count). The van der Waals surface area contributed by atoms with Crippen LogP contribution >= 0.6 is 11.3 Å². The van der Waals surface area contributed by atoms with Gasteiger partial charge in [-0.15, -0.1) is 11.3 Å². The van der Waals surface area contributed by atoms with Crippen LogP contribution in [-0.4, -0.2) is 28.5 Å². The molecule has 0 bridgehead atoms. The minimum atomic E-state index is -0.247. The second-order valence-corrected chi connectivity index (χ2v) is 6.86. The molecule has 0 aliphatic carbocycles. The second-order valence-electron chi connectivity index (χ2n) is 5.92. The van der Waals surface area contributed by atoms with E-state index in [4.69, 9.17) is 0 Å². The molecular formula is C18H17FN2OS. The number of halogens is 1. The third-order valence-corrected chi connectivity index (χ3v) is 5.22. The molecule has 1 aliphatic heterocycles. The lowest BCUT2D eigenvalue weighted by Gasteiger charge is -2.17. The average Bonchev–Trinajstić information content (AvgIpc) is 3.25. The number of benzene rings is 1.